The van der Waals surface area contributed by atoms with Gasteiger partial charge in [0.05, 0.1) is 21.6 Å². The molecule has 0 aromatic heterocycles. The van der Waals surface area contributed by atoms with Crippen LogP contribution >= 0.6 is 0 Å². The number of alkyl halides is 6. The average molecular weight is 619 g/mol. The van der Waals surface area contributed by atoms with E-state index in [1.54, 1.807) is 66.9 Å². The Morgan fingerprint density at radius 3 is 1.41 bits per heavy atom. The molecule has 0 saturated carbocycles. The highest BCUT2D eigenvalue weighted by molar-refractivity contribution is 6.35. The van der Waals surface area contributed by atoms with Gasteiger partial charge in [-0.3, -0.25) is 0 Å². The van der Waals surface area contributed by atoms with Gasteiger partial charge in [-0.1, -0.05) is 72.8 Å². The van der Waals surface area contributed by atoms with Crippen LogP contribution in [0.15, 0.2) is 107 Å². The zero-order valence-electron chi connectivity index (χ0n) is 23.3. The predicted octanol–water partition coefficient (Wildman–Crippen LogP) is 9.66. The Kier molecular flexibility index (Phi) is 6.43. The van der Waals surface area contributed by atoms with Gasteiger partial charge < -0.3 is 0 Å². The van der Waals surface area contributed by atoms with Gasteiger partial charge in [0.2, 0.25) is 6.19 Å². The van der Waals surface area contributed by atoms with Crippen molar-refractivity contribution in [2.45, 2.75) is 12.4 Å². The molecule has 0 heterocycles. The second-order valence-electron chi connectivity index (χ2n) is 10.6. The summed E-state index contributed by atoms with van der Waals surface area (Å²) >= 11 is 0. The maximum absolute atomic E-state index is 14.0. The van der Waals surface area contributed by atoms with Gasteiger partial charge in [0.15, 0.2) is 5.36 Å². The molecule has 0 unspecified atom stereocenters. The van der Waals surface area contributed by atoms with Crippen LogP contribution in [0.3, 0.4) is 0 Å². The molecule has 0 atom stereocenters. The first-order valence-corrected chi connectivity index (χ1v) is 13.7. The molecule has 0 bridgehead atoms. The zero-order valence-corrected chi connectivity index (χ0v) is 23.3. The fraction of sp³-hybridized carbons (Fsp3) is 0.0556. The van der Waals surface area contributed by atoms with Crippen LogP contribution < -0.4 is 10.7 Å². The molecule has 0 aliphatic rings. The lowest BCUT2D eigenvalue weighted by Crippen LogP contribution is -2.06. The van der Waals surface area contributed by atoms with E-state index in [-0.39, 0.29) is 21.5 Å². The van der Waals surface area contributed by atoms with Gasteiger partial charge in [0.25, 0.3) is 0 Å². The number of benzene rings is 5. The van der Waals surface area contributed by atoms with E-state index in [0.717, 1.165) is 24.3 Å². The molecule has 0 saturated heterocycles. The minimum atomic E-state index is -4.68. The molecule has 46 heavy (non-hydrogen) atoms. The molecule has 7 aromatic rings. The average Bonchev–Trinajstić information content (AvgIpc) is 3.52. The van der Waals surface area contributed by atoms with Crippen molar-refractivity contribution in [1.82, 2.24) is 0 Å². The second kappa shape index (κ2) is 10.3. The molecule has 0 fully saturated rings. The quantitative estimate of drug-likeness (QED) is 0.0824. The summed E-state index contributed by atoms with van der Waals surface area (Å²) in [5.74, 6) is 0. The molecule has 222 valence electrons. The van der Waals surface area contributed by atoms with Crippen molar-refractivity contribution >= 4 is 43.1 Å². The Labute approximate surface area is 255 Å². The number of nitriles is 1. The van der Waals surface area contributed by atoms with E-state index in [2.05, 4.69) is 15.0 Å². The van der Waals surface area contributed by atoms with Gasteiger partial charge in [-0.2, -0.15) is 43.2 Å². The van der Waals surface area contributed by atoms with E-state index < -0.39 is 23.5 Å². The predicted molar refractivity (Wildman–Crippen MR) is 163 cm³/mol. The van der Waals surface area contributed by atoms with E-state index in [1.165, 1.54) is 12.1 Å². The van der Waals surface area contributed by atoms with Crippen LogP contribution in [0.4, 0.5) is 26.3 Å². The van der Waals surface area contributed by atoms with E-state index >= 15 is 0 Å². The summed E-state index contributed by atoms with van der Waals surface area (Å²) in [6.45, 7) is 7.61. The molecule has 7 aromatic carbocycles. The summed E-state index contributed by atoms with van der Waals surface area (Å²) in [5, 5.41) is 16.3. The summed E-state index contributed by atoms with van der Waals surface area (Å²) < 4.78 is 83.8. The van der Waals surface area contributed by atoms with E-state index in [4.69, 9.17) is 6.57 Å². The third-order valence-electron chi connectivity index (χ3n) is 8.15. The van der Waals surface area contributed by atoms with Gasteiger partial charge >= 0.3 is 12.4 Å². The number of hydrogen-bond donors (Lipinski definition) is 0. The van der Waals surface area contributed by atoms with Crippen molar-refractivity contribution in [2.75, 3.05) is 0 Å². The van der Waals surface area contributed by atoms with Crippen molar-refractivity contribution in [1.29, 1.82) is 5.26 Å². The van der Waals surface area contributed by atoms with Crippen molar-refractivity contribution in [3.8, 4) is 28.4 Å². The molecule has 0 radical (unpaired) electrons. The van der Waals surface area contributed by atoms with Crippen LogP contribution in [-0.2, 0) is 12.4 Å². The molecule has 0 aliphatic carbocycles. The Hall–Kier alpha value is -6.00. The second-order valence-corrected chi connectivity index (χ2v) is 10.6. The van der Waals surface area contributed by atoms with E-state index in [0.29, 0.717) is 54.6 Å². The van der Waals surface area contributed by atoms with Gasteiger partial charge in [0.1, 0.15) is 0 Å². The smallest absolute Gasteiger partial charge is 0.181 e. The first-order chi connectivity index (χ1) is 22.0. The van der Waals surface area contributed by atoms with Crippen molar-refractivity contribution < 1.29 is 26.3 Å². The van der Waals surface area contributed by atoms with Crippen LogP contribution in [0, 0.1) is 18.0 Å². The van der Waals surface area contributed by atoms with Crippen molar-refractivity contribution in [3.05, 3.63) is 130 Å². The summed E-state index contributed by atoms with van der Waals surface area (Å²) in [6, 6.07) is 24.1. The molecule has 0 aliphatic heterocycles. The number of halogens is 6. The van der Waals surface area contributed by atoms with Crippen LogP contribution in [0.5, 0.6) is 0 Å². The lowest BCUT2D eigenvalue weighted by Gasteiger charge is -2.14. The Balaban J connectivity index is 1.91. The number of rotatable bonds is 2. The molecule has 0 amide bonds. The third kappa shape index (κ3) is 4.30. The Morgan fingerprint density at radius 1 is 0.565 bits per heavy atom. The highest BCUT2D eigenvalue weighted by atomic mass is 19.4. The first-order valence-electron chi connectivity index (χ1n) is 13.7. The highest BCUT2D eigenvalue weighted by Gasteiger charge is 2.34. The zero-order chi connectivity index (χ0) is 32.4. The van der Waals surface area contributed by atoms with Crippen LogP contribution in [0.2, 0.25) is 0 Å². The molecule has 7 rings (SSSR count). The lowest BCUT2D eigenvalue weighted by molar-refractivity contribution is -0.138. The van der Waals surface area contributed by atoms with Gasteiger partial charge in [-0.05, 0) is 46.2 Å². The van der Waals surface area contributed by atoms with Crippen LogP contribution in [0.1, 0.15) is 11.1 Å². The molecular weight excluding hydrogens is 602 g/mol. The van der Waals surface area contributed by atoms with Crippen molar-refractivity contribution in [3.63, 3.8) is 0 Å². The maximum Gasteiger partial charge on any atom is 0.416 e. The first kappa shape index (κ1) is 28.8. The van der Waals surface area contributed by atoms with Gasteiger partial charge in [-0.25, -0.2) is 0 Å². The highest BCUT2D eigenvalue weighted by Crippen LogP contribution is 2.48. The fourth-order valence-corrected chi connectivity index (χ4v) is 6.41. The maximum atomic E-state index is 14.0. The van der Waals surface area contributed by atoms with E-state index in [9.17, 15) is 31.6 Å². The Morgan fingerprint density at radius 2 is 1.00 bits per heavy atom. The minimum absolute atomic E-state index is 0.00136. The minimum Gasteiger partial charge on any atom is -0.181 e. The molecule has 4 nitrogen and oxygen atoms in total. The Bertz CT molecular complexity index is 2380. The van der Waals surface area contributed by atoms with Gasteiger partial charge in [-0.15, -0.1) is 4.95 Å². The summed E-state index contributed by atoms with van der Waals surface area (Å²) in [5.41, 5.74) is 0.199. The van der Waals surface area contributed by atoms with Gasteiger partial charge in [0, 0.05) is 43.4 Å². The SMILES string of the molecule is [C-]#[N+]/N=c1\c2cc(C(F)(F)F)ccc2c2c(-c3ccccc3)c3/c(=N/C#N)c4cc(C(F)(F)F)ccc4c3c(-c3ccccc3)c12. The van der Waals surface area contributed by atoms with Crippen LogP contribution in [0.25, 0.3) is 70.3 Å². The lowest BCUT2D eigenvalue weighted by atomic mass is 9.88. The fourth-order valence-electron chi connectivity index (χ4n) is 6.41. The number of fused-ring (bicyclic) bond motifs is 6. The number of nitrogens with zero attached hydrogens (tertiary/aromatic N) is 4. The third-order valence-corrected chi connectivity index (χ3v) is 8.15. The topological polar surface area (TPSA) is 52.9 Å². The standard InChI is InChI=1S/C36H16F6N4/c1-44-46-34-26-17-22(36(40,41)42)13-15-24(26)30-27(19-8-4-2-5-9-19)31-29(28(32(30)34)20-10-6-3-7-11-20)23-14-12-21(35(37,38)39)16-25(23)33(31)45-18-43/h2-17H/b45-33+,46-34+. The largest absolute Gasteiger partial charge is 0.416 e. The molecular formula is C36H16F6N4. The summed E-state index contributed by atoms with van der Waals surface area (Å²) in [6.07, 6.45) is -7.62. The summed E-state index contributed by atoms with van der Waals surface area (Å²) in [7, 11) is 0. The molecule has 0 N–H and O–H groups in total. The van der Waals surface area contributed by atoms with Crippen LogP contribution in [-0.4, -0.2) is 0 Å². The molecule has 10 heteroatoms. The van der Waals surface area contributed by atoms with E-state index in [1.807, 2.05) is 0 Å². The monoisotopic (exact) mass is 618 g/mol. The molecule has 0 spiro atoms. The number of hydrogen-bond acceptors (Lipinski definition) is 3. The van der Waals surface area contributed by atoms with Crippen molar-refractivity contribution in [2.24, 2.45) is 10.1 Å². The normalized spacial score (nSPS) is 13.2. The summed E-state index contributed by atoms with van der Waals surface area (Å²) in [4.78, 5) is 7.29.